The lowest BCUT2D eigenvalue weighted by molar-refractivity contribution is -0.130. The Bertz CT molecular complexity index is 949. The summed E-state index contributed by atoms with van der Waals surface area (Å²) >= 11 is 0. The second-order valence-corrected chi connectivity index (χ2v) is 7.26. The number of amides is 1. The van der Waals surface area contributed by atoms with Crippen LogP contribution in [0, 0.1) is 13.8 Å². The Morgan fingerprint density at radius 2 is 2.25 bits per heavy atom. The topological polar surface area (TPSA) is 89.9 Å². The zero-order valence-electron chi connectivity index (χ0n) is 16.2. The lowest BCUT2D eigenvalue weighted by atomic mass is 10.2. The Morgan fingerprint density at radius 1 is 1.36 bits per heavy atom. The van der Waals surface area contributed by atoms with E-state index in [4.69, 9.17) is 4.52 Å². The summed E-state index contributed by atoms with van der Waals surface area (Å²) in [6.45, 7) is 5.58. The summed E-state index contributed by atoms with van der Waals surface area (Å²) in [5.41, 5.74) is 2.99. The number of nitrogens with zero attached hydrogens (tertiary/aromatic N) is 6. The summed E-state index contributed by atoms with van der Waals surface area (Å²) in [6.07, 6.45) is 6.11. The fraction of sp³-hybridized carbons (Fsp3) is 0.450. The molecule has 1 saturated heterocycles. The second-order valence-electron chi connectivity index (χ2n) is 7.26. The maximum absolute atomic E-state index is 12.6. The Labute approximate surface area is 163 Å². The number of aromatic nitrogens is 5. The van der Waals surface area contributed by atoms with Crippen molar-refractivity contribution in [2.24, 2.45) is 0 Å². The monoisotopic (exact) mass is 380 g/mol. The Balaban J connectivity index is 1.26. The van der Waals surface area contributed by atoms with Crippen molar-refractivity contribution in [2.75, 3.05) is 13.1 Å². The number of aryl methyl sites for hydroxylation is 3. The van der Waals surface area contributed by atoms with Crippen molar-refractivity contribution >= 4 is 5.91 Å². The van der Waals surface area contributed by atoms with Crippen molar-refractivity contribution in [1.29, 1.82) is 0 Å². The molecule has 1 aliphatic rings. The van der Waals surface area contributed by atoms with E-state index in [1.54, 1.807) is 12.4 Å². The van der Waals surface area contributed by atoms with E-state index in [9.17, 15) is 4.79 Å². The van der Waals surface area contributed by atoms with Crippen LogP contribution in [0.15, 0.2) is 35.1 Å². The highest BCUT2D eigenvalue weighted by molar-refractivity contribution is 5.76. The summed E-state index contributed by atoms with van der Waals surface area (Å²) in [6, 6.07) is 6.07. The van der Waals surface area contributed by atoms with Gasteiger partial charge in [-0.15, -0.1) is 0 Å². The smallest absolute Gasteiger partial charge is 0.226 e. The van der Waals surface area contributed by atoms with Gasteiger partial charge in [-0.2, -0.15) is 10.1 Å². The Morgan fingerprint density at radius 3 is 3.00 bits per heavy atom. The van der Waals surface area contributed by atoms with Crippen LogP contribution in [-0.2, 0) is 11.2 Å². The van der Waals surface area contributed by atoms with E-state index in [-0.39, 0.29) is 11.9 Å². The Hall–Kier alpha value is -3.03. The summed E-state index contributed by atoms with van der Waals surface area (Å²) in [5.74, 6) is 1.26. The standard InChI is InChI=1S/C20H24N6O2/c1-14-11-15(2)26(23-14)17-8-10-25(13-17)19(27)7-3-6-18-22-20(24-28-18)16-5-4-9-21-12-16/h4-5,9,11-12,17H,3,6-8,10,13H2,1-2H3. The summed E-state index contributed by atoms with van der Waals surface area (Å²) in [5, 5.41) is 8.55. The van der Waals surface area contributed by atoms with Gasteiger partial charge in [-0.3, -0.25) is 14.5 Å². The first-order valence-electron chi connectivity index (χ1n) is 9.63. The minimum Gasteiger partial charge on any atom is -0.340 e. The lowest BCUT2D eigenvalue weighted by Gasteiger charge is -2.17. The first-order chi connectivity index (χ1) is 13.6. The van der Waals surface area contributed by atoms with E-state index in [1.165, 1.54) is 0 Å². The predicted molar refractivity (Wildman–Crippen MR) is 102 cm³/mol. The van der Waals surface area contributed by atoms with Crippen LogP contribution in [0.5, 0.6) is 0 Å². The highest BCUT2D eigenvalue weighted by Gasteiger charge is 2.28. The molecule has 1 amide bonds. The molecule has 1 fully saturated rings. The zero-order chi connectivity index (χ0) is 19.5. The molecule has 8 heteroatoms. The number of likely N-dealkylation sites (tertiary alicyclic amines) is 1. The van der Waals surface area contributed by atoms with Crippen LogP contribution in [0.3, 0.4) is 0 Å². The quantitative estimate of drug-likeness (QED) is 0.653. The van der Waals surface area contributed by atoms with Crippen molar-refractivity contribution in [3.05, 3.63) is 47.9 Å². The van der Waals surface area contributed by atoms with E-state index < -0.39 is 0 Å². The van der Waals surface area contributed by atoms with Gasteiger partial charge in [0.25, 0.3) is 0 Å². The van der Waals surface area contributed by atoms with Gasteiger partial charge in [0, 0.05) is 49.6 Å². The first-order valence-corrected chi connectivity index (χ1v) is 9.63. The predicted octanol–water partition coefficient (Wildman–Crippen LogP) is 2.74. The number of rotatable bonds is 6. The van der Waals surface area contributed by atoms with Crippen molar-refractivity contribution in [1.82, 2.24) is 29.8 Å². The van der Waals surface area contributed by atoms with E-state index in [0.717, 1.165) is 36.5 Å². The molecule has 1 aliphatic heterocycles. The molecule has 0 bridgehead atoms. The molecule has 1 atom stereocenters. The van der Waals surface area contributed by atoms with Crippen molar-refractivity contribution in [2.45, 2.75) is 45.6 Å². The van der Waals surface area contributed by atoms with Crippen LogP contribution in [0.1, 0.15) is 42.6 Å². The van der Waals surface area contributed by atoms with Crippen molar-refractivity contribution in [3.63, 3.8) is 0 Å². The molecular formula is C20H24N6O2. The normalized spacial score (nSPS) is 16.6. The third-order valence-electron chi connectivity index (χ3n) is 5.08. The maximum Gasteiger partial charge on any atom is 0.226 e. The van der Waals surface area contributed by atoms with Gasteiger partial charge in [-0.25, -0.2) is 0 Å². The van der Waals surface area contributed by atoms with Crippen LogP contribution in [0.25, 0.3) is 11.4 Å². The molecule has 0 aliphatic carbocycles. The first kappa shape index (κ1) is 18.3. The van der Waals surface area contributed by atoms with Crippen LogP contribution >= 0.6 is 0 Å². The SMILES string of the molecule is Cc1cc(C)n(C2CCN(C(=O)CCCc3nc(-c4cccnc4)no3)C2)n1. The largest absolute Gasteiger partial charge is 0.340 e. The molecule has 28 heavy (non-hydrogen) atoms. The fourth-order valence-electron chi connectivity index (χ4n) is 3.70. The van der Waals surface area contributed by atoms with Crippen LogP contribution < -0.4 is 0 Å². The fourth-order valence-corrected chi connectivity index (χ4v) is 3.70. The van der Waals surface area contributed by atoms with E-state index in [1.807, 2.05) is 24.0 Å². The third-order valence-corrected chi connectivity index (χ3v) is 5.08. The average Bonchev–Trinajstić information content (AvgIpc) is 3.42. The summed E-state index contributed by atoms with van der Waals surface area (Å²) < 4.78 is 7.35. The van der Waals surface area contributed by atoms with E-state index in [2.05, 4.69) is 37.9 Å². The van der Waals surface area contributed by atoms with Gasteiger partial charge >= 0.3 is 0 Å². The van der Waals surface area contributed by atoms with Gasteiger partial charge < -0.3 is 9.42 Å². The molecule has 0 aromatic carbocycles. The van der Waals surface area contributed by atoms with Gasteiger partial charge in [-0.05, 0) is 44.9 Å². The molecule has 0 N–H and O–H groups in total. The molecule has 3 aromatic heterocycles. The van der Waals surface area contributed by atoms with Crippen LogP contribution in [-0.4, -0.2) is 48.8 Å². The molecule has 0 saturated carbocycles. The summed E-state index contributed by atoms with van der Waals surface area (Å²) in [4.78, 5) is 22.9. The zero-order valence-corrected chi connectivity index (χ0v) is 16.2. The number of hydrogen-bond donors (Lipinski definition) is 0. The highest BCUT2D eigenvalue weighted by Crippen LogP contribution is 2.24. The Kier molecular flexibility index (Phi) is 5.18. The highest BCUT2D eigenvalue weighted by atomic mass is 16.5. The third kappa shape index (κ3) is 3.95. The van der Waals surface area contributed by atoms with E-state index >= 15 is 0 Å². The van der Waals surface area contributed by atoms with Crippen molar-refractivity contribution in [3.8, 4) is 11.4 Å². The number of pyridine rings is 1. The second kappa shape index (κ2) is 7.92. The molecule has 4 rings (SSSR count). The molecular weight excluding hydrogens is 356 g/mol. The van der Waals surface area contributed by atoms with Crippen LogP contribution in [0.2, 0.25) is 0 Å². The van der Waals surface area contributed by atoms with Gasteiger partial charge in [0.15, 0.2) is 0 Å². The average molecular weight is 380 g/mol. The molecule has 3 aromatic rings. The van der Waals surface area contributed by atoms with Gasteiger partial charge in [-0.1, -0.05) is 5.16 Å². The minimum absolute atomic E-state index is 0.177. The number of carbonyl (C=O) groups excluding carboxylic acids is 1. The molecule has 8 nitrogen and oxygen atoms in total. The van der Waals surface area contributed by atoms with Gasteiger partial charge in [0.05, 0.1) is 11.7 Å². The number of hydrogen-bond acceptors (Lipinski definition) is 6. The summed E-state index contributed by atoms with van der Waals surface area (Å²) in [7, 11) is 0. The molecule has 4 heterocycles. The van der Waals surface area contributed by atoms with E-state index in [0.29, 0.717) is 31.0 Å². The molecule has 0 radical (unpaired) electrons. The number of carbonyl (C=O) groups is 1. The maximum atomic E-state index is 12.6. The van der Waals surface area contributed by atoms with Gasteiger partial charge in [0.2, 0.25) is 17.6 Å². The molecule has 0 spiro atoms. The van der Waals surface area contributed by atoms with Gasteiger partial charge in [0.1, 0.15) is 0 Å². The molecule has 146 valence electrons. The lowest BCUT2D eigenvalue weighted by Crippen LogP contribution is -2.29. The minimum atomic E-state index is 0.177. The van der Waals surface area contributed by atoms with Crippen molar-refractivity contribution < 1.29 is 9.32 Å². The molecule has 1 unspecified atom stereocenters. The van der Waals surface area contributed by atoms with Crippen LogP contribution in [0.4, 0.5) is 0 Å².